The third-order valence-corrected chi connectivity index (χ3v) is 6.64. The first kappa shape index (κ1) is 18.7. The fourth-order valence-corrected chi connectivity index (χ4v) is 5.11. The Balaban J connectivity index is 1.87. The Kier molecular flexibility index (Phi) is 5.19. The summed E-state index contributed by atoms with van der Waals surface area (Å²) < 4.78 is 0. The van der Waals surface area contributed by atoms with Crippen molar-refractivity contribution < 1.29 is 0 Å². The summed E-state index contributed by atoms with van der Waals surface area (Å²) in [5.74, 6) is 0.428. The molecule has 0 radical (unpaired) electrons. The van der Waals surface area contributed by atoms with Crippen LogP contribution in [0.15, 0.2) is 48.7 Å². The smallest absolute Gasteiger partial charge is 0.0833 e. The fourth-order valence-electron chi connectivity index (χ4n) is 3.76. The molecule has 136 valence electrons. The lowest BCUT2D eigenvalue weighted by molar-refractivity contribution is 0.643. The summed E-state index contributed by atoms with van der Waals surface area (Å²) in [6.07, 6.45) is 0. The largest absolute Gasteiger partial charge is 0.399 e. The Hall–Kier alpha value is -2.13. The highest BCUT2D eigenvalue weighted by Gasteiger charge is 2.28. The molecule has 0 spiro atoms. The minimum atomic E-state index is 0.344. The third-order valence-electron chi connectivity index (χ3n) is 5.08. The van der Waals surface area contributed by atoms with Crippen LogP contribution in [0.5, 0.6) is 0 Å². The maximum absolute atomic E-state index is 5.96. The predicted octanol–water partition coefficient (Wildman–Crippen LogP) is 5.70. The van der Waals surface area contributed by atoms with Crippen molar-refractivity contribution in [3.8, 4) is 0 Å². The number of thioether (sulfide) groups is 1. The molecule has 0 aromatic heterocycles. The normalized spacial score (nSPS) is 18.0. The molecule has 1 aliphatic rings. The van der Waals surface area contributed by atoms with Gasteiger partial charge in [-0.2, -0.15) is 0 Å². The molecule has 26 heavy (non-hydrogen) atoms. The van der Waals surface area contributed by atoms with Gasteiger partial charge in [0.1, 0.15) is 0 Å². The molecular formula is C23H28N2S. The van der Waals surface area contributed by atoms with Gasteiger partial charge >= 0.3 is 0 Å². The topological polar surface area (TPSA) is 38.0 Å². The molecular weight excluding hydrogens is 336 g/mol. The van der Waals surface area contributed by atoms with E-state index in [4.69, 9.17) is 5.73 Å². The Morgan fingerprint density at radius 1 is 1.12 bits per heavy atom. The standard InChI is InChI=1S/C23H28N2S/c1-13-8-7-9-19(10-13)16(4)23-25-18(6)22(26-23)20-11-14(2)21(17(5)24)15(3)12-20/h7-12,16,23,25H,5,24H2,1-4,6H3. The first-order valence-corrected chi connectivity index (χ1v) is 9.93. The van der Waals surface area contributed by atoms with Crippen LogP contribution >= 0.6 is 11.8 Å². The summed E-state index contributed by atoms with van der Waals surface area (Å²) in [5, 5.41) is 4.04. The molecule has 2 aromatic carbocycles. The molecule has 1 heterocycles. The van der Waals surface area contributed by atoms with E-state index in [2.05, 4.69) is 82.9 Å². The van der Waals surface area contributed by atoms with Gasteiger partial charge in [-0.05, 0) is 49.9 Å². The van der Waals surface area contributed by atoms with Crippen LogP contribution in [0.3, 0.4) is 0 Å². The summed E-state index contributed by atoms with van der Waals surface area (Å²) in [6, 6.07) is 13.3. The van der Waals surface area contributed by atoms with Crippen molar-refractivity contribution >= 4 is 22.4 Å². The summed E-state index contributed by atoms with van der Waals surface area (Å²) in [4.78, 5) is 1.33. The molecule has 0 aliphatic carbocycles. The maximum atomic E-state index is 5.96. The average molecular weight is 365 g/mol. The Bertz CT molecular complexity index is 872. The minimum Gasteiger partial charge on any atom is -0.399 e. The van der Waals surface area contributed by atoms with Crippen LogP contribution in [-0.2, 0) is 0 Å². The van der Waals surface area contributed by atoms with Gasteiger partial charge in [0.05, 0.1) is 5.37 Å². The van der Waals surface area contributed by atoms with Gasteiger partial charge in [-0.15, -0.1) is 0 Å². The molecule has 0 fully saturated rings. The van der Waals surface area contributed by atoms with Crippen molar-refractivity contribution in [2.75, 3.05) is 0 Å². The molecule has 0 saturated carbocycles. The Morgan fingerprint density at radius 3 is 2.35 bits per heavy atom. The van der Waals surface area contributed by atoms with Crippen LogP contribution in [0.1, 0.15) is 53.1 Å². The average Bonchev–Trinajstić information content (AvgIpc) is 2.95. The number of benzene rings is 2. The second-order valence-corrected chi connectivity index (χ2v) is 8.50. The van der Waals surface area contributed by atoms with Crippen LogP contribution in [0, 0.1) is 20.8 Å². The molecule has 2 nitrogen and oxygen atoms in total. The van der Waals surface area contributed by atoms with Crippen molar-refractivity contribution in [1.29, 1.82) is 0 Å². The van der Waals surface area contributed by atoms with E-state index in [9.17, 15) is 0 Å². The fraction of sp³-hybridized carbons (Fsp3) is 0.304. The van der Waals surface area contributed by atoms with E-state index in [0.717, 1.165) is 5.56 Å². The quantitative estimate of drug-likeness (QED) is 0.731. The highest BCUT2D eigenvalue weighted by atomic mass is 32.2. The predicted molar refractivity (Wildman–Crippen MR) is 116 cm³/mol. The monoisotopic (exact) mass is 364 g/mol. The number of hydrogen-bond acceptors (Lipinski definition) is 3. The van der Waals surface area contributed by atoms with Gasteiger partial charge in [-0.3, -0.25) is 0 Å². The van der Waals surface area contributed by atoms with Gasteiger partial charge in [0.25, 0.3) is 0 Å². The van der Waals surface area contributed by atoms with Gasteiger partial charge in [0.15, 0.2) is 0 Å². The van der Waals surface area contributed by atoms with Crippen LogP contribution in [0.25, 0.3) is 10.6 Å². The van der Waals surface area contributed by atoms with Crippen LogP contribution in [0.2, 0.25) is 0 Å². The van der Waals surface area contributed by atoms with Gasteiger partial charge in [-0.1, -0.05) is 67.2 Å². The molecule has 3 heteroatoms. The number of aryl methyl sites for hydroxylation is 3. The van der Waals surface area contributed by atoms with Crippen LogP contribution in [-0.4, -0.2) is 5.37 Å². The third kappa shape index (κ3) is 3.54. The molecule has 2 unspecified atom stereocenters. The van der Waals surface area contributed by atoms with E-state index >= 15 is 0 Å². The summed E-state index contributed by atoms with van der Waals surface area (Å²) in [5.41, 5.74) is 15.2. The van der Waals surface area contributed by atoms with Crippen molar-refractivity contribution in [2.24, 2.45) is 5.73 Å². The zero-order valence-electron chi connectivity index (χ0n) is 16.3. The second-order valence-electron chi connectivity index (χ2n) is 7.35. The number of nitrogens with two attached hydrogens (primary N) is 1. The van der Waals surface area contributed by atoms with Crippen molar-refractivity contribution in [2.45, 2.75) is 45.9 Å². The van der Waals surface area contributed by atoms with E-state index in [0.29, 0.717) is 17.0 Å². The zero-order chi connectivity index (χ0) is 19.0. The first-order chi connectivity index (χ1) is 12.3. The molecule has 1 aliphatic heterocycles. The van der Waals surface area contributed by atoms with Crippen molar-refractivity contribution in [3.63, 3.8) is 0 Å². The van der Waals surface area contributed by atoms with E-state index in [1.807, 2.05) is 11.8 Å². The molecule has 3 N–H and O–H groups in total. The molecule has 0 amide bonds. The number of nitrogens with one attached hydrogen (secondary N) is 1. The van der Waals surface area contributed by atoms with E-state index < -0.39 is 0 Å². The maximum Gasteiger partial charge on any atom is 0.0833 e. The van der Waals surface area contributed by atoms with Crippen molar-refractivity contribution in [3.05, 3.63) is 82.1 Å². The first-order valence-electron chi connectivity index (χ1n) is 9.05. The number of hydrogen-bond donors (Lipinski definition) is 2. The highest BCUT2D eigenvalue weighted by molar-refractivity contribution is 8.09. The van der Waals surface area contributed by atoms with Crippen LogP contribution in [0.4, 0.5) is 0 Å². The minimum absolute atomic E-state index is 0.344. The van der Waals surface area contributed by atoms with E-state index in [1.165, 1.54) is 38.4 Å². The summed E-state index contributed by atoms with van der Waals surface area (Å²) in [7, 11) is 0. The van der Waals surface area contributed by atoms with Gasteiger partial charge in [0.2, 0.25) is 0 Å². The summed E-state index contributed by atoms with van der Waals surface area (Å²) in [6.45, 7) is 14.8. The van der Waals surface area contributed by atoms with Gasteiger partial charge in [-0.25, -0.2) is 0 Å². The lowest BCUT2D eigenvalue weighted by Gasteiger charge is -2.21. The second kappa shape index (κ2) is 7.24. The SMILES string of the molecule is C=C(N)c1c(C)cc(C2=C(C)NC(C(C)c3cccc(C)c3)S2)cc1C. The van der Waals surface area contributed by atoms with Gasteiger partial charge in [0, 0.05) is 27.8 Å². The molecule has 0 bridgehead atoms. The van der Waals surface area contributed by atoms with Gasteiger partial charge < -0.3 is 11.1 Å². The van der Waals surface area contributed by atoms with Crippen LogP contribution < -0.4 is 11.1 Å². The number of rotatable bonds is 4. The van der Waals surface area contributed by atoms with Crippen molar-refractivity contribution in [1.82, 2.24) is 5.32 Å². The lowest BCUT2D eigenvalue weighted by Crippen LogP contribution is -2.25. The zero-order valence-corrected chi connectivity index (χ0v) is 17.1. The molecule has 2 aromatic rings. The molecule has 2 atom stereocenters. The Labute approximate surface area is 161 Å². The Morgan fingerprint density at radius 2 is 1.77 bits per heavy atom. The van der Waals surface area contributed by atoms with E-state index in [-0.39, 0.29) is 0 Å². The lowest BCUT2D eigenvalue weighted by atomic mass is 9.97. The highest BCUT2D eigenvalue weighted by Crippen LogP contribution is 2.44. The summed E-state index contributed by atoms with van der Waals surface area (Å²) >= 11 is 1.93. The van der Waals surface area contributed by atoms with E-state index in [1.54, 1.807) is 0 Å². The number of allylic oxidation sites excluding steroid dienone is 1. The molecule has 3 rings (SSSR count). The molecule has 0 saturated heterocycles.